The number of hydrogen-bond acceptors (Lipinski definition) is 8. The summed E-state index contributed by atoms with van der Waals surface area (Å²) in [5, 5.41) is 22.3. The third-order valence-corrected chi connectivity index (χ3v) is 7.74. The molecular formula is C24H25N7OS2. The van der Waals surface area contributed by atoms with E-state index in [-0.39, 0.29) is 11.7 Å². The van der Waals surface area contributed by atoms with Gasteiger partial charge in [-0.25, -0.2) is 0 Å². The third-order valence-electron chi connectivity index (χ3n) is 5.92. The molecule has 0 spiro atoms. The topological polar surface area (TPSA) is 98.5 Å². The number of thioether (sulfide) groups is 1. The number of benzene rings is 1. The Bertz CT molecular complexity index is 1270. The standard InChI is InChI=1S/C24H25N7OS2/c1-16-7-5-6-10-19(16)22-28-29-23(34-22)26-20(32)15-33-24-30-27-21(17-11-13-25-14-12-17)31(24)18-8-3-2-4-9-18/h5-7,10-14,18H,2-4,8-9,15H2,1H3,(H,26,29,32). The first-order chi connectivity index (χ1) is 16.7. The van der Waals surface area contributed by atoms with E-state index >= 15 is 0 Å². The summed E-state index contributed by atoms with van der Waals surface area (Å²) in [6, 6.07) is 12.3. The van der Waals surface area contributed by atoms with Gasteiger partial charge in [0.1, 0.15) is 5.01 Å². The number of aryl methyl sites for hydroxylation is 1. The number of nitrogens with one attached hydrogen (secondary N) is 1. The first-order valence-electron chi connectivity index (χ1n) is 11.4. The van der Waals surface area contributed by atoms with Gasteiger partial charge in [-0.05, 0) is 37.5 Å². The van der Waals surface area contributed by atoms with Crippen LogP contribution >= 0.6 is 23.1 Å². The van der Waals surface area contributed by atoms with Crippen molar-refractivity contribution >= 4 is 34.1 Å². The van der Waals surface area contributed by atoms with Crippen molar-refractivity contribution in [1.29, 1.82) is 0 Å². The Hall–Kier alpha value is -3.11. The molecule has 1 N–H and O–H groups in total. The van der Waals surface area contributed by atoms with Crippen LogP contribution in [0, 0.1) is 6.92 Å². The molecule has 10 heteroatoms. The van der Waals surface area contributed by atoms with E-state index in [9.17, 15) is 4.79 Å². The Kier molecular flexibility index (Phi) is 6.96. The first-order valence-corrected chi connectivity index (χ1v) is 13.2. The highest BCUT2D eigenvalue weighted by molar-refractivity contribution is 7.99. The highest BCUT2D eigenvalue weighted by Crippen LogP contribution is 2.35. The van der Waals surface area contributed by atoms with E-state index in [1.54, 1.807) is 12.4 Å². The molecule has 3 heterocycles. The quantitative estimate of drug-likeness (QED) is 0.345. The Morgan fingerprint density at radius 3 is 2.65 bits per heavy atom. The van der Waals surface area contributed by atoms with E-state index in [2.05, 4.69) is 35.3 Å². The smallest absolute Gasteiger partial charge is 0.236 e. The maximum atomic E-state index is 12.7. The molecule has 174 valence electrons. The van der Waals surface area contributed by atoms with Gasteiger partial charge in [0.25, 0.3) is 0 Å². The summed E-state index contributed by atoms with van der Waals surface area (Å²) < 4.78 is 2.22. The molecule has 0 aliphatic heterocycles. The zero-order chi connectivity index (χ0) is 23.3. The number of anilines is 1. The number of rotatable bonds is 7. The first kappa shape index (κ1) is 22.7. The third kappa shape index (κ3) is 5.02. The fourth-order valence-corrected chi connectivity index (χ4v) is 5.88. The molecule has 5 rings (SSSR count). The van der Waals surface area contributed by atoms with Gasteiger partial charge in [-0.1, -0.05) is 66.6 Å². The van der Waals surface area contributed by atoms with E-state index in [1.165, 1.54) is 42.4 Å². The summed E-state index contributed by atoms with van der Waals surface area (Å²) in [6.45, 7) is 2.04. The van der Waals surface area contributed by atoms with Crippen molar-refractivity contribution in [2.75, 3.05) is 11.1 Å². The van der Waals surface area contributed by atoms with Gasteiger partial charge in [-0.3, -0.25) is 19.7 Å². The van der Waals surface area contributed by atoms with Crippen molar-refractivity contribution in [3.8, 4) is 22.0 Å². The van der Waals surface area contributed by atoms with Crippen LogP contribution in [0.15, 0.2) is 53.9 Å². The predicted molar refractivity (Wildman–Crippen MR) is 135 cm³/mol. The van der Waals surface area contributed by atoms with Crippen molar-refractivity contribution in [1.82, 2.24) is 29.9 Å². The van der Waals surface area contributed by atoms with Crippen molar-refractivity contribution in [3.63, 3.8) is 0 Å². The van der Waals surface area contributed by atoms with Crippen LogP contribution in [-0.2, 0) is 4.79 Å². The van der Waals surface area contributed by atoms with Gasteiger partial charge < -0.3 is 0 Å². The monoisotopic (exact) mass is 491 g/mol. The molecule has 1 saturated carbocycles. The van der Waals surface area contributed by atoms with Gasteiger partial charge in [0.15, 0.2) is 11.0 Å². The second-order valence-corrected chi connectivity index (χ2v) is 10.2. The van der Waals surface area contributed by atoms with Crippen LogP contribution in [0.2, 0.25) is 0 Å². The molecule has 34 heavy (non-hydrogen) atoms. The molecule has 0 unspecified atom stereocenters. The number of nitrogens with zero attached hydrogens (tertiary/aromatic N) is 6. The highest BCUT2D eigenvalue weighted by atomic mass is 32.2. The van der Waals surface area contributed by atoms with Crippen LogP contribution < -0.4 is 5.32 Å². The molecule has 1 aliphatic carbocycles. The van der Waals surface area contributed by atoms with Gasteiger partial charge in [0.2, 0.25) is 11.0 Å². The summed E-state index contributed by atoms with van der Waals surface area (Å²) >= 11 is 2.78. The number of pyridine rings is 1. The van der Waals surface area contributed by atoms with E-state index < -0.39 is 0 Å². The Morgan fingerprint density at radius 1 is 1.06 bits per heavy atom. The fourth-order valence-electron chi connectivity index (χ4n) is 4.22. The zero-order valence-electron chi connectivity index (χ0n) is 18.8. The molecule has 0 saturated heterocycles. The maximum absolute atomic E-state index is 12.7. The van der Waals surface area contributed by atoms with Crippen molar-refractivity contribution in [3.05, 3.63) is 54.4 Å². The molecule has 4 aromatic rings. The van der Waals surface area contributed by atoms with Gasteiger partial charge in [-0.15, -0.1) is 20.4 Å². The molecule has 1 aromatic carbocycles. The van der Waals surface area contributed by atoms with Crippen LogP contribution in [0.5, 0.6) is 0 Å². The second-order valence-electron chi connectivity index (χ2n) is 8.27. The van der Waals surface area contributed by atoms with Gasteiger partial charge in [0, 0.05) is 29.6 Å². The predicted octanol–water partition coefficient (Wildman–Crippen LogP) is 5.40. The van der Waals surface area contributed by atoms with E-state index in [0.717, 1.165) is 45.5 Å². The minimum atomic E-state index is -0.138. The molecule has 0 bridgehead atoms. The minimum Gasteiger partial charge on any atom is -0.300 e. The van der Waals surface area contributed by atoms with Gasteiger partial charge in [0.05, 0.1) is 5.75 Å². The van der Waals surface area contributed by atoms with E-state index in [1.807, 2.05) is 43.3 Å². The van der Waals surface area contributed by atoms with E-state index in [0.29, 0.717) is 11.2 Å². The molecule has 1 fully saturated rings. The van der Waals surface area contributed by atoms with Crippen LogP contribution in [0.25, 0.3) is 22.0 Å². The van der Waals surface area contributed by atoms with Crippen LogP contribution in [0.3, 0.4) is 0 Å². The Morgan fingerprint density at radius 2 is 1.85 bits per heavy atom. The summed E-state index contributed by atoms with van der Waals surface area (Å²) in [6.07, 6.45) is 9.39. The highest BCUT2D eigenvalue weighted by Gasteiger charge is 2.24. The number of carbonyl (C=O) groups is 1. The lowest BCUT2D eigenvalue weighted by atomic mass is 9.95. The number of amides is 1. The Labute approximate surface area is 206 Å². The summed E-state index contributed by atoms with van der Waals surface area (Å²) in [5.41, 5.74) is 3.14. The van der Waals surface area contributed by atoms with Crippen molar-refractivity contribution < 1.29 is 4.79 Å². The lowest BCUT2D eigenvalue weighted by molar-refractivity contribution is -0.113. The van der Waals surface area contributed by atoms with Crippen molar-refractivity contribution in [2.24, 2.45) is 0 Å². The largest absolute Gasteiger partial charge is 0.300 e. The van der Waals surface area contributed by atoms with Crippen LogP contribution in [0.4, 0.5) is 5.13 Å². The lowest BCUT2D eigenvalue weighted by Gasteiger charge is -2.25. The SMILES string of the molecule is Cc1ccccc1-c1nnc(NC(=O)CSc2nnc(-c3ccncc3)n2C2CCCCC2)s1. The molecule has 0 atom stereocenters. The summed E-state index contributed by atoms with van der Waals surface area (Å²) in [7, 11) is 0. The maximum Gasteiger partial charge on any atom is 0.236 e. The Balaban J connectivity index is 1.29. The van der Waals surface area contributed by atoms with E-state index in [4.69, 9.17) is 0 Å². The fraction of sp³-hybridized carbons (Fsp3) is 0.333. The average Bonchev–Trinajstić information content (AvgIpc) is 3.51. The van der Waals surface area contributed by atoms with Crippen LogP contribution in [0.1, 0.15) is 43.7 Å². The molecule has 0 radical (unpaired) electrons. The van der Waals surface area contributed by atoms with Crippen molar-refractivity contribution in [2.45, 2.75) is 50.2 Å². The normalized spacial score (nSPS) is 14.3. The second kappa shape index (κ2) is 10.4. The summed E-state index contributed by atoms with van der Waals surface area (Å²) in [5.74, 6) is 0.922. The zero-order valence-corrected chi connectivity index (χ0v) is 20.5. The number of hydrogen-bond donors (Lipinski definition) is 1. The number of aromatic nitrogens is 6. The molecular weight excluding hydrogens is 466 g/mol. The lowest BCUT2D eigenvalue weighted by Crippen LogP contribution is -2.17. The molecule has 1 aliphatic rings. The summed E-state index contributed by atoms with van der Waals surface area (Å²) in [4.78, 5) is 16.8. The van der Waals surface area contributed by atoms with Gasteiger partial charge in [-0.2, -0.15) is 0 Å². The average molecular weight is 492 g/mol. The molecule has 3 aromatic heterocycles. The van der Waals surface area contributed by atoms with Gasteiger partial charge >= 0.3 is 0 Å². The number of carbonyl (C=O) groups excluding carboxylic acids is 1. The minimum absolute atomic E-state index is 0.138. The molecule has 8 nitrogen and oxygen atoms in total. The molecule has 1 amide bonds. The van der Waals surface area contributed by atoms with Crippen LogP contribution in [-0.4, -0.2) is 41.6 Å².